The standard InChI is InChI=1S/C39H47NO5/c1-18(2)33-28(43-20(4)41)17-24-27(44-33)12-13-37(7)38(8)23(11-14-39(24,37)42)34-32-31-26(40-35(32)38)10-9-21-15-19(3)22-16-25(30(22)29(21)31)36(5,6)45-34/h9-10,17,22-23,25,27-28,30,33-34,40,42H,1,3,11-16H2,2,4-8H3/t22-,23+,25+,27+,28-,30+,33-,34+,37-,38-,39-/m1/s1. The van der Waals surface area contributed by atoms with Crippen LogP contribution in [-0.2, 0) is 30.8 Å². The summed E-state index contributed by atoms with van der Waals surface area (Å²) in [4.78, 5) is 16.2. The number of hydrogen-bond donors (Lipinski definition) is 2. The first kappa shape index (κ1) is 28.5. The van der Waals surface area contributed by atoms with Crippen LogP contribution in [0.2, 0.25) is 0 Å². The summed E-state index contributed by atoms with van der Waals surface area (Å²) in [6.45, 7) is 21.4. The number of nitrogens with one attached hydrogen (secondary N) is 1. The first-order valence-corrected chi connectivity index (χ1v) is 17.2. The van der Waals surface area contributed by atoms with Crippen LogP contribution in [-0.4, -0.2) is 45.6 Å². The second kappa shape index (κ2) is 8.62. The Morgan fingerprint density at radius 2 is 1.87 bits per heavy atom. The molecule has 238 valence electrons. The summed E-state index contributed by atoms with van der Waals surface area (Å²) in [6.07, 6.45) is 5.89. The molecule has 11 atom stereocenters. The predicted octanol–water partition coefficient (Wildman–Crippen LogP) is 7.26. The average molecular weight is 610 g/mol. The molecule has 45 heavy (non-hydrogen) atoms. The second-order valence-electron chi connectivity index (χ2n) is 16.6. The van der Waals surface area contributed by atoms with E-state index in [0.717, 1.165) is 43.3 Å². The minimum Gasteiger partial charge on any atom is -0.455 e. The normalized spacial score (nSPS) is 44.9. The van der Waals surface area contributed by atoms with Crippen LogP contribution >= 0.6 is 0 Å². The highest BCUT2D eigenvalue weighted by Crippen LogP contribution is 2.74. The van der Waals surface area contributed by atoms with Gasteiger partial charge in [-0.1, -0.05) is 38.6 Å². The SMILES string of the molecule is C=C1Cc2ccc3[nH]c4c5c3c2[C@H]2[C@@H]1C[C@@H]2C(C)(C)O[C@H]5[C@@H]1CC[C@@]2(O)C3=C[C@@H](OC(C)=O)[C@@H](C(=C)C)O[C@H]3CC[C@]2(C)[C@@]41C. The lowest BCUT2D eigenvalue weighted by Gasteiger charge is -2.65. The van der Waals surface area contributed by atoms with Gasteiger partial charge in [0, 0.05) is 45.8 Å². The van der Waals surface area contributed by atoms with Crippen molar-refractivity contribution in [2.45, 2.75) is 127 Å². The molecular weight excluding hydrogens is 562 g/mol. The minimum absolute atomic E-state index is 0.0392. The number of H-pyrrole nitrogens is 1. The third kappa shape index (κ3) is 3.20. The highest BCUT2D eigenvalue weighted by atomic mass is 16.6. The van der Waals surface area contributed by atoms with Crippen molar-refractivity contribution in [2.24, 2.45) is 23.2 Å². The Hall–Kier alpha value is -2.67. The van der Waals surface area contributed by atoms with E-state index in [1.807, 2.05) is 13.0 Å². The van der Waals surface area contributed by atoms with E-state index in [9.17, 15) is 9.90 Å². The van der Waals surface area contributed by atoms with E-state index in [4.69, 9.17) is 14.2 Å². The summed E-state index contributed by atoms with van der Waals surface area (Å²) < 4.78 is 19.8. The molecule has 0 spiro atoms. The molecule has 2 N–H and O–H groups in total. The number of aliphatic hydroxyl groups is 1. The number of allylic oxidation sites excluding steroid dienone is 1. The third-order valence-electron chi connectivity index (χ3n) is 14.4. The number of rotatable bonds is 2. The summed E-state index contributed by atoms with van der Waals surface area (Å²) >= 11 is 0. The molecule has 0 saturated heterocycles. The third-order valence-corrected chi connectivity index (χ3v) is 14.4. The van der Waals surface area contributed by atoms with Crippen molar-refractivity contribution in [3.05, 3.63) is 70.5 Å². The predicted molar refractivity (Wildman–Crippen MR) is 173 cm³/mol. The van der Waals surface area contributed by atoms with Crippen LogP contribution in [0, 0.1) is 23.2 Å². The molecule has 3 saturated carbocycles. The molecular formula is C39H47NO5. The molecule has 9 rings (SSSR count). The van der Waals surface area contributed by atoms with Crippen LogP contribution in [0.4, 0.5) is 0 Å². The smallest absolute Gasteiger partial charge is 0.303 e. The van der Waals surface area contributed by atoms with Gasteiger partial charge < -0.3 is 24.3 Å². The van der Waals surface area contributed by atoms with Gasteiger partial charge in [-0.15, -0.1) is 0 Å². The second-order valence-corrected chi connectivity index (χ2v) is 16.6. The van der Waals surface area contributed by atoms with Gasteiger partial charge in [0.05, 0.1) is 23.4 Å². The average Bonchev–Trinajstić information content (AvgIpc) is 3.42. The van der Waals surface area contributed by atoms with Crippen LogP contribution in [0.5, 0.6) is 0 Å². The van der Waals surface area contributed by atoms with Crippen molar-refractivity contribution in [1.29, 1.82) is 0 Å². The molecule has 2 aromatic rings. The molecule has 0 radical (unpaired) electrons. The minimum atomic E-state index is -1.12. The number of aromatic amines is 1. The van der Waals surface area contributed by atoms with Crippen LogP contribution in [0.3, 0.4) is 0 Å². The first-order valence-electron chi connectivity index (χ1n) is 17.2. The fraction of sp³-hybridized carbons (Fsp3) is 0.615. The topological polar surface area (TPSA) is 80.8 Å². The Labute approximate surface area is 266 Å². The Bertz CT molecular complexity index is 1760. The number of aromatic nitrogens is 1. The van der Waals surface area contributed by atoms with Crippen LogP contribution in [0.1, 0.15) is 108 Å². The zero-order valence-electron chi connectivity index (χ0n) is 27.6. The van der Waals surface area contributed by atoms with Gasteiger partial charge in [-0.3, -0.25) is 4.79 Å². The van der Waals surface area contributed by atoms with E-state index in [0.29, 0.717) is 24.2 Å². The van der Waals surface area contributed by atoms with Crippen molar-refractivity contribution < 1.29 is 24.1 Å². The molecule has 3 heterocycles. The molecule has 3 fully saturated rings. The number of carbonyl (C=O) groups excluding carboxylic acids is 1. The van der Waals surface area contributed by atoms with E-state index < -0.39 is 23.2 Å². The van der Waals surface area contributed by atoms with Gasteiger partial charge in [0.25, 0.3) is 0 Å². The summed E-state index contributed by atoms with van der Waals surface area (Å²) in [6, 6.07) is 4.62. The number of ether oxygens (including phenoxy) is 3. The molecule has 6 heteroatoms. The number of hydrogen-bond acceptors (Lipinski definition) is 5. The van der Waals surface area contributed by atoms with Crippen LogP contribution in [0.15, 0.2) is 48.1 Å². The highest BCUT2D eigenvalue weighted by Gasteiger charge is 2.73. The Kier molecular flexibility index (Phi) is 5.47. The van der Waals surface area contributed by atoms with Crippen LogP contribution < -0.4 is 0 Å². The highest BCUT2D eigenvalue weighted by molar-refractivity contribution is 5.92. The van der Waals surface area contributed by atoms with Gasteiger partial charge in [-0.2, -0.15) is 0 Å². The van der Waals surface area contributed by atoms with Crippen LogP contribution in [0.25, 0.3) is 10.9 Å². The molecule has 5 aliphatic carbocycles. The molecule has 0 unspecified atom stereocenters. The molecule has 1 aromatic heterocycles. The van der Waals surface area contributed by atoms with E-state index in [-0.39, 0.29) is 35.1 Å². The van der Waals surface area contributed by atoms with E-state index in [1.165, 1.54) is 40.2 Å². The lowest BCUT2D eigenvalue weighted by molar-refractivity contribution is -0.216. The lowest BCUT2D eigenvalue weighted by Crippen LogP contribution is -2.68. The van der Waals surface area contributed by atoms with Gasteiger partial charge in [0.1, 0.15) is 6.10 Å². The molecule has 1 aromatic carbocycles. The maximum Gasteiger partial charge on any atom is 0.303 e. The van der Waals surface area contributed by atoms with Crippen molar-refractivity contribution in [1.82, 2.24) is 4.98 Å². The number of fused-ring (bicyclic) bond motifs is 7. The van der Waals surface area contributed by atoms with Gasteiger partial charge in [-0.25, -0.2) is 0 Å². The van der Waals surface area contributed by atoms with Gasteiger partial charge in [0.15, 0.2) is 6.10 Å². The Morgan fingerprint density at radius 1 is 1.09 bits per heavy atom. The molecule has 7 aliphatic rings. The van der Waals surface area contributed by atoms with E-state index in [2.05, 4.69) is 58.0 Å². The van der Waals surface area contributed by atoms with Gasteiger partial charge >= 0.3 is 5.97 Å². The first-order chi connectivity index (χ1) is 21.2. The summed E-state index contributed by atoms with van der Waals surface area (Å²) in [5.74, 6) is 1.30. The van der Waals surface area contributed by atoms with Crippen molar-refractivity contribution >= 4 is 16.9 Å². The number of esters is 1. The zero-order chi connectivity index (χ0) is 31.6. The maximum atomic E-state index is 13.2. The quantitative estimate of drug-likeness (QED) is 0.277. The molecule has 0 bridgehead atoms. The summed E-state index contributed by atoms with van der Waals surface area (Å²) in [7, 11) is 0. The molecule has 2 aliphatic heterocycles. The largest absolute Gasteiger partial charge is 0.455 e. The van der Waals surface area contributed by atoms with Crippen molar-refractivity contribution in [3.63, 3.8) is 0 Å². The van der Waals surface area contributed by atoms with Crippen molar-refractivity contribution in [2.75, 3.05) is 0 Å². The summed E-state index contributed by atoms with van der Waals surface area (Å²) in [5.41, 5.74) is 7.58. The maximum absolute atomic E-state index is 13.2. The monoisotopic (exact) mass is 609 g/mol. The van der Waals surface area contributed by atoms with E-state index in [1.54, 1.807) is 5.56 Å². The fourth-order valence-corrected chi connectivity index (χ4v) is 12.0. The summed E-state index contributed by atoms with van der Waals surface area (Å²) in [5, 5.41) is 14.6. The van der Waals surface area contributed by atoms with Gasteiger partial charge in [0.2, 0.25) is 0 Å². The Morgan fingerprint density at radius 3 is 2.60 bits per heavy atom. The van der Waals surface area contributed by atoms with Gasteiger partial charge in [-0.05, 0) is 111 Å². The zero-order valence-corrected chi connectivity index (χ0v) is 27.6. The molecule has 6 nitrogen and oxygen atoms in total. The Balaban J connectivity index is 1.25. The number of benzene rings is 1. The van der Waals surface area contributed by atoms with Crippen molar-refractivity contribution in [3.8, 4) is 0 Å². The van der Waals surface area contributed by atoms with E-state index >= 15 is 0 Å². The number of carbonyl (C=O) groups is 1. The lowest BCUT2D eigenvalue weighted by atomic mass is 9.42. The fourth-order valence-electron chi connectivity index (χ4n) is 12.0. The molecule has 0 amide bonds.